The van der Waals surface area contributed by atoms with Crippen molar-refractivity contribution >= 4 is 21.6 Å². The van der Waals surface area contributed by atoms with Crippen LogP contribution < -0.4 is 14.0 Å². The van der Waals surface area contributed by atoms with Crippen LogP contribution in [-0.4, -0.2) is 14.2 Å². The SMILES string of the molecule is COc1cc2sc(C)[n+](C)c2cc1OC. The Balaban J connectivity index is 2.75. The first-order chi connectivity index (χ1) is 7.17. The van der Waals surface area contributed by atoms with Gasteiger partial charge in [-0.2, -0.15) is 4.57 Å². The van der Waals surface area contributed by atoms with Crippen molar-refractivity contribution < 1.29 is 14.0 Å². The van der Waals surface area contributed by atoms with Gasteiger partial charge in [0.15, 0.2) is 11.5 Å². The smallest absolute Gasteiger partial charge is 0.234 e. The van der Waals surface area contributed by atoms with Crippen LogP contribution in [0.2, 0.25) is 0 Å². The summed E-state index contributed by atoms with van der Waals surface area (Å²) in [6.45, 7) is 2.10. The van der Waals surface area contributed by atoms with Gasteiger partial charge in [-0.3, -0.25) is 0 Å². The molecule has 2 aromatic rings. The van der Waals surface area contributed by atoms with Gasteiger partial charge in [0, 0.05) is 13.0 Å². The molecule has 15 heavy (non-hydrogen) atoms. The van der Waals surface area contributed by atoms with E-state index in [0.29, 0.717) is 0 Å². The molecule has 0 radical (unpaired) electrons. The fourth-order valence-corrected chi connectivity index (χ4v) is 2.61. The van der Waals surface area contributed by atoms with Crippen molar-refractivity contribution in [1.82, 2.24) is 0 Å². The van der Waals surface area contributed by atoms with Gasteiger partial charge in [0.25, 0.3) is 0 Å². The summed E-state index contributed by atoms with van der Waals surface area (Å²) in [5.74, 6) is 1.56. The van der Waals surface area contributed by atoms with Crippen LogP contribution in [0.5, 0.6) is 11.5 Å². The molecule has 0 unspecified atom stereocenters. The molecular formula is C11H14NO2S+. The molecule has 4 heteroatoms. The highest BCUT2D eigenvalue weighted by atomic mass is 32.1. The molecule has 80 valence electrons. The fourth-order valence-electron chi connectivity index (χ4n) is 1.59. The Bertz CT molecular complexity index is 505. The van der Waals surface area contributed by atoms with Crippen molar-refractivity contribution in [3.63, 3.8) is 0 Å². The number of aryl methyl sites for hydroxylation is 2. The molecule has 1 heterocycles. The van der Waals surface area contributed by atoms with E-state index in [4.69, 9.17) is 9.47 Å². The van der Waals surface area contributed by atoms with Gasteiger partial charge in [0.2, 0.25) is 10.5 Å². The number of methoxy groups -OCH3 is 2. The average molecular weight is 224 g/mol. The number of aromatic nitrogens is 1. The van der Waals surface area contributed by atoms with Crippen molar-refractivity contribution in [1.29, 1.82) is 0 Å². The van der Waals surface area contributed by atoms with Gasteiger partial charge in [-0.25, -0.2) is 0 Å². The molecule has 2 rings (SSSR count). The molecular weight excluding hydrogens is 210 g/mol. The van der Waals surface area contributed by atoms with Crippen molar-refractivity contribution in [3.05, 3.63) is 17.1 Å². The second-order valence-electron chi connectivity index (χ2n) is 3.36. The Morgan fingerprint density at radius 2 is 1.73 bits per heavy atom. The molecule has 0 amide bonds. The van der Waals surface area contributed by atoms with Gasteiger partial charge in [0.1, 0.15) is 11.7 Å². The Morgan fingerprint density at radius 3 is 2.33 bits per heavy atom. The molecule has 0 saturated carbocycles. The van der Waals surface area contributed by atoms with E-state index in [1.165, 1.54) is 15.2 Å². The maximum Gasteiger partial charge on any atom is 0.234 e. The lowest BCUT2D eigenvalue weighted by molar-refractivity contribution is -0.646. The number of fused-ring (bicyclic) bond motifs is 1. The highest BCUT2D eigenvalue weighted by Gasteiger charge is 2.17. The Labute approximate surface area is 92.9 Å². The summed E-state index contributed by atoms with van der Waals surface area (Å²) in [5.41, 5.74) is 1.18. The minimum absolute atomic E-state index is 0.776. The van der Waals surface area contributed by atoms with E-state index < -0.39 is 0 Å². The highest BCUT2D eigenvalue weighted by Crippen LogP contribution is 2.33. The lowest BCUT2D eigenvalue weighted by Crippen LogP contribution is -2.28. The summed E-state index contributed by atoms with van der Waals surface area (Å²) in [4.78, 5) is 0. The summed E-state index contributed by atoms with van der Waals surface area (Å²) < 4.78 is 13.9. The van der Waals surface area contributed by atoms with Gasteiger partial charge >= 0.3 is 0 Å². The zero-order valence-electron chi connectivity index (χ0n) is 9.33. The molecule has 0 N–H and O–H groups in total. The molecule has 0 bridgehead atoms. The van der Waals surface area contributed by atoms with Crippen LogP contribution in [0.15, 0.2) is 12.1 Å². The standard InChI is InChI=1S/C11H14NO2S/c1-7-12(2)8-5-9(13-3)10(14-4)6-11(8)15-7/h5-6H,1-4H3/q+1. The number of hydrogen-bond donors (Lipinski definition) is 0. The molecule has 0 aliphatic rings. The third-order valence-corrected chi connectivity index (χ3v) is 3.67. The number of thiazole rings is 1. The first kappa shape index (κ1) is 10.2. The summed E-state index contributed by atoms with van der Waals surface area (Å²) >= 11 is 1.75. The number of ether oxygens (including phenoxy) is 2. The first-order valence-corrected chi connectivity index (χ1v) is 5.50. The van der Waals surface area contributed by atoms with Gasteiger partial charge < -0.3 is 9.47 Å². The van der Waals surface area contributed by atoms with Crippen molar-refractivity contribution in [3.8, 4) is 11.5 Å². The Morgan fingerprint density at radius 1 is 1.13 bits per heavy atom. The third-order valence-electron chi connectivity index (χ3n) is 2.56. The maximum absolute atomic E-state index is 5.27. The Kier molecular flexibility index (Phi) is 2.52. The van der Waals surface area contributed by atoms with Crippen LogP contribution in [0.25, 0.3) is 10.2 Å². The molecule has 0 fully saturated rings. The van der Waals surface area contributed by atoms with Crippen LogP contribution >= 0.6 is 11.3 Å². The monoisotopic (exact) mass is 224 g/mol. The normalized spacial score (nSPS) is 10.7. The van der Waals surface area contributed by atoms with Gasteiger partial charge in [-0.05, 0) is 0 Å². The largest absolute Gasteiger partial charge is 0.493 e. The van der Waals surface area contributed by atoms with Gasteiger partial charge in [-0.1, -0.05) is 11.3 Å². The second kappa shape index (κ2) is 3.70. The van der Waals surface area contributed by atoms with Gasteiger partial charge in [0.05, 0.1) is 20.3 Å². The predicted octanol–water partition coefficient (Wildman–Crippen LogP) is 2.05. The van der Waals surface area contributed by atoms with E-state index in [1.807, 2.05) is 12.1 Å². The molecule has 0 saturated heterocycles. The molecule has 3 nitrogen and oxygen atoms in total. The van der Waals surface area contributed by atoms with Crippen molar-refractivity contribution in [2.45, 2.75) is 6.92 Å². The number of nitrogens with zero attached hydrogens (tertiary/aromatic N) is 1. The molecule has 1 aromatic carbocycles. The van der Waals surface area contributed by atoms with Crippen LogP contribution in [0, 0.1) is 6.92 Å². The zero-order chi connectivity index (χ0) is 11.0. The number of benzene rings is 1. The zero-order valence-corrected chi connectivity index (χ0v) is 10.1. The minimum Gasteiger partial charge on any atom is -0.493 e. The van der Waals surface area contributed by atoms with Crippen LogP contribution in [0.4, 0.5) is 0 Å². The summed E-state index contributed by atoms with van der Waals surface area (Å²) in [7, 11) is 5.37. The van der Waals surface area contributed by atoms with Crippen molar-refractivity contribution in [2.75, 3.05) is 14.2 Å². The lowest BCUT2D eigenvalue weighted by atomic mass is 10.3. The number of rotatable bonds is 2. The van der Waals surface area contributed by atoms with Crippen molar-refractivity contribution in [2.24, 2.45) is 7.05 Å². The molecule has 0 atom stereocenters. The van der Waals surface area contributed by atoms with E-state index >= 15 is 0 Å². The predicted molar refractivity (Wildman–Crippen MR) is 60.8 cm³/mol. The summed E-state index contributed by atoms with van der Waals surface area (Å²) in [6.07, 6.45) is 0. The highest BCUT2D eigenvalue weighted by molar-refractivity contribution is 7.18. The summed E-state index contributed by atoms with van der Waals surface area (Å²) in [6, 6.07) is 4.03. The Hall–Kier alpha value is -1.29. The maximum atomic E-state index is 5.27. The van der Waals surface area contributed by atoms with E-state index in [0.717, 1.165) is 11.5 Å². The molecule has 1 aromatic heterocycles. The topological polar surface area (TPSA) is 22.3 Å². The van der Waals surface area contributed by atoms with Crippen LogP contribution in [0.1, 0.15) is 5.01 Å². The number of hydrogen-bond acceptors (Lipinski definition) is 3. The van der Waals surface area contributed by atoms with E-state index in [9.17, 15) is 0 Å². The van der Waals surface area contributed by atoms with Gasteiger partial charge in [-0.15, -0.1) is 0 Å². The molecule has 0 aliphatic carbocycles. The lowest BCUT2D eigenvalue weighted by Gasteiger charge is -2.05. The first-order valence-electron chi connectivity index (χ1n) is 4.68. The van der Waals surface area contributed by atoms with Crippen LogP contribution in [-0.2, 0) is 7.05 Å². The van der Waals surface area contributed by atoms with Crippen LogP contribution in [0.3, 0.4) is 0 Å². The minimum atomic E-state index is 0.776. The molecule has 0 aliphatic heterocycles. The average Bonchev–Trinajstić information content (AvgIpc) is 2.53. The third kappa shape index (κ3) is 1.55. The van der Waals surface area contributed by atoms with E-state index in [1.54, 1.807) is 25.6 Å². The molecule has 0 spiro atoms. The van der Waals surface area contributed by atoms with E-state index in [-0.39, 0.29) is 0 Å². The summed E-state index contributed by atoms with van der Waals surface area (Å²) in [5, 5.41) is 1.26. The van der Waals surface area contributed by atoms with E-state index in [2.05, 4.69) is 18.5 Å². The quantitative estimate of drug-likeness (QED) is 0.728. The second-order valence-corrected chi connectivity index (χ2v) is 4.59. The fraction of sp³-hybridized carbons (Fsp3) is 0.364.